The minimum atomic E-state index is -4.14. The molecular weight excluding hydrogens is 395 g/mol. The number of benzene rings is 2. The van der Waals surface area contributed by atoms with Crippen LogP contribution < -0.4 is 19.9 Å². The van der Waals surface area contributed by atoms with Crippen molar-refractivity contribution in [2.75, 3.05) is 12.1 Å². The highest BCUT2D eigenvalue weighted by Gasteiger charge is 2.23. The summed E-state index contributed by atoms with van der Waals surface area (Å²) in [5, 5.41) is 7.48. The number of hydrogen-bond donors (Lipinski definition) is 2. The van der Waals surface area contributed by atoms with Gasteiger partial charge in [-0.1, -0.05) is 0 Å². The molecule has 1 amide bonds. The van der Waals surface area contributed by atoms with Crippen LogP contribution in [0.3, 0.4) is 0 Å². The van der Waals surface area contributed by atoms with Crippen LogP contribution >= 0.6 is 0 Å². The van der Waals surface area contributed by atoms with Gasteiger partial charge in [-0.2, -0.15) is 0 Å². The van der Waals surface area contributed by atoms with Gasteiger partial charge in [-0.3, -0.25) is 4.79 Å². The molecule has 1 aliphatic rings. The summed E-state index contributed by atoms with van der Waals surface area (Å²) in [5.41, 5.74) is -0.284. The van der Waals surface area contributed by atoms with Gasteiger partial charge in [0, 0.05) is 11.8 Å². The lowest BCUT2D eigenvalue weighted by atomic mass is 10.2. The van der Waals surface area contributed by atoms with Gasteiger partial charge in [-0.05, 0) is 37.3 Å². The number of fused-ring (bicyclic) bond motifs is 1. The minimum absolute atomic E-state index is 0.0733. The Morgan fingerprint density at radius 3 is 2.61 bits per heavy atom. The summed E-state index contributed by atoms with van der Waals surface area (Å²) in [4.78, 5) is 23.9. The summed E-state index contributed by atoms with van der Waals surface area (Å²) in [6, 6.07) is 7.13. The fourth-order valence-electron chi connectivity index (χ4n) is 2.33. The highest BCUT2D eigenvalue weighted by atomic mass is 32.2. The van der Waals surface area contributed by atoms with E-state index in [1.807, 2.05) is 0 Å². The predicted octanol–water partition coefficient (Wildman–Crippen LogP) is 1.39. The van der Waals surface area contributed by atoms with Gasteiger partial charge in [0.15, 0.2) is 17.6 Å². The molecule has 2 aromatic carbocycles. The zero-order valence-corrected chi connectivity index (χ0v) is 15.3. The predicted molar refractivity (Wildman–Crippen MR) is 93.8 cm³/mol. The maximum Gasteiger partial charge on any atom is 0.341 e. The third-order valence-corrected chi connectivity index (χ3v) is 4.69. The van der Waals surface area contributed by atoms with E-state index in [9.17, 15) is 22.4 Å². The highest BCUT2D eigenvalue weighted by Crippen LogP contribution is 2.34. The molecule has 0 spiro atoms. The Hall–Kier alpha value is -3.18. The number of primary sulfonamides is 1. The second kappa shape index (κ2) is 7.44. The molecule has 0 saturated carbocycles. The lowest BCUT2D eigenvalue weighted by molar-refractivity contribution is -0.123. The number of amides is 1. The van der Waals surface area contributed by atoms with Gasteiger partial charge < -0.3 is 19.5 Å². The van der Waals surface area contributed by atoms with Gasteiger partial charge in [0.25, 0.3) is 5.91 Å². The smallest absolute Gasteiger partial charge is 0.341 e. The number of anilines is 1. The van der Waals surface area contributed by atoms with Gasteiger partial charge in [-0.25, -0.2) is 22.7 Å². The van der Waals surface area contributed by atoms with E-state index < -0.39 is 44.3 Å². The lowest BCUT2D eigenvalue weighted by Gasteiger charge is -2.14. The Bertz CT molecular complexity index is 1060. The molecule has 1 atom stereocenters. The number of nitrogens with one attached hydrogen (secondary N) is 1. The first-order chi connectivity index (χ1) is 13.1. The fourth-order valence-corrected chi connectivity index (χ4v) is 2.87. The standard InChI is InChI=1S/C17H15FN2O7S/c1-9(16(21)20-10-2-5-14-15(6-10)26-8-25-14)27-17(22)12-7-11(28(19,23)24)3-4-13(12)18/h2-7,9H,8H2,1H3,(H,20,21)(H2,19,23,24)/t9-/m0/s1. The van der Waals surface area contributed by atoms with E-state index in [0.29, 0.717) is 17.2 Å². The maximum absolute atomic E-state index is 13.9. The third kappa shape index (κ3) is 4.21. The normalized spacial score (nSPS) is 13.7. The molecule has 28 heavy (non-hydrogen) atoms. The molecular formula is C17H15FN2O7S. The van der Waals surface area contributed by atoms with E-state index in [-0.39, 0.29) is 6.79 Å². The number of carbonyl (C=O) groups excluding carboxylic acids is 2. The quantitative estimate of drug-likeness (QED) is 0.711. The van der Waals surface area contributed by atoms with E-state index in [2.05, 4.69) is 5.32 Å². The summed E-state index contributed by atoms with van der Waals surface area (Å²) < 4.78 is 51.9. The van der Waals surface area contributed by atoms with Crippen molar-refractivity contribution < 1.29 is 36.6 Å². The van der Waals surface area contributed by atoms with Crippen molar-refractivity contribution in [3.63, 3.8) is 0 Å². The van der Waals surface area contributed by atoms with Gasteiger partial charge in [-0.15, -0.1) is 0 Å². The third-order valence-electron chi connectivity index (χ3n) is 3.78. The second-order valence-corrected chi connectivity index (χ2v) is 7.35. The van der Waals surface area contributed by atoms with Crippen molar-refractivity contribution in [2.45, 2.75) is 17.9 Å². The minimum Gasteiger partial charge on any atom is -0.454 e. The molecule has 0 aromatic heterocycles. The zero-order chi connectivity index (χ0) is 20.5. The molecule has 0 bridgehead atoms. The molecule has 2 aromatic rings. The Morgan fingerprint density at radius 2 is 1.89 bits per heavy atom. The summed E-state index contributed by atoms with van der Waals surface area (Å²) in [6.45, 7) is 1.35. The van der Waals surface area contributed by atoms with Crippen LogP contribution in [0, 0.1) is 5.82 Å². The van der Waals surface area contributed by atoms with Crippen LogP contribution in [0.25, 0.3) is 0 Å². The fraction of sp³-hybridized carbons (Fsp3) is 0.176. The monoisotopic (exact) mass is 410 g/mol. The number of sulfonamides is 1. The van der Waals surface area contributed by atoms with Crippen LogP contribution in [-0.4, -0.2) is 33.2 Å². The summed E-state index contributed by atoms with van der Waals surface area (Å²) in [5.74, 6) is -1.93. The van der Waals surface area contributed by atoms with E-state index in [4.69, 9.17) is 19.3 Å². The van der Waals surface area contributed by atoms with Crippen molar-refractivity contribution in [2.24, 2.45) is 5.14 Å². The first-order valence-corrected chi connectivity index (χ1v) is 9.43. The number of rotatable bonds is 5. The van der Waals surface area contributed by atoms with Gasteiger partial charge in [0.2, 0.25) is 16.8 Å². The Kier molecular flexibility index (Phi) is 5.21. The Labute approximate surface area is 159 Å². The largest absolute Gasteiger partial charge is 0.454 e. The molecule has 1 aliphatic heterocycles. The van der Waals surface area contributed by atoms with Crippen LogP contribution in [0.5, 0.6) is 11.5 Å². The van der Waals surface area contributed by atoms with Crippen molar-refractivity contribution >= 4 is 27.6 Å². The molecule has 3 rings (SSSR count). The second-order valence-electron chi connectivity index (χ2n) is 5.79. The molecule has 0 radical (unpaired) electrons. The van der Waals surface area contributed by atoms with Gasteiger partial charge in [0.05, 0.1) is 10.5 Å². The maximum atomic E-state index is 13.9. The SMILES string of the molecule is C[C@H](OC(=O)c1cc(S(N)(=O)=O)ccc1F)C(=O)Nc1ccc2c(c1)OCO2. The van der Waals surface area contributed by atoms with Crippen LogP contribution in [0.15, 0.2) is 41.3 Å². The number of esters is 1. The van der Waals surface area contributed by atoms with Crippen molar-refractivity contribution in [1.82, 2.24) is 0 Å². The molecule has 0 aliphatic carbocycles. The molecule has 1 heterocycles. The van der Waals surface area contributed by atoms with Crippen LogP contribution in [0.4, 0.5) is 10.1 Å². The summed E-state index contributed by atoms with van der Waals surface area (Å²) in [7, 11) is -4.14. The summed E-state index contributed by atoms with van der Waals surface area (Å²) in [6.07, 6.45) is -1.30. The van der Waals surface area contributed by atoms with E-state index in [1.165, 1.54) is 13.0 Å². The average Bonchev–Trinajstić information content (AvgIpc) is 3.08. The molecule has 0 saturated heterocycles. The summed E-state index contributed by atoms with van der Waals surface area (Å²) >= 11 is 0. The first kappa shape index (κ1) is 19.6. The molecule has 3 N–H and O–H groups in total. The molecule has 9 nitrogen and oxygen atoms in total. The zero-order valence-electron chi connectivity index (χ0n) is 14.5. The van der Waals surface area contributed by atoms with Crippen molar-refractivity contribution in [1.29, 1.82) is 0 Å². The van der Waals surface area contributed by atoms with Gasteiger partial charge in [0.1, 0.15) is 5.82 Å². The first-order valence-electron chi connectivity index (χ1n) is 7.89. The number of nitrogens with two attached hydrogens (primary N) is 1. The lowest BCUT2D eigenvalue weighted by Crippen LogP contribution is -2.30. The Morgan fingerprint density at radius 1 is 1.18 bits per heavy atom. The molecule has 0 fully saturated rings. The number of halogens is 1. The van der Waals surface area contributed by atoms with E-state index in [0.717, 1.165) is 18.2 Å². The van der Waals surface area contributed by atoms with Crippen LogP contribution in [-0.2, 0) is 19.6 Å². The van der Waals surface area contributed by atoms with Gasteiger partial charge >= 0.3 is 5.97 Å². The number of carbonyl (C=O) groups is 2. The van der Waals surface area contributed by atoms with Crippen molar-refractivity contribution in [3.8, 4) is 11.5 Å². The Balaban J connectivity index is 1.69. The molecule has 148 valence electrons. The van der Waals surface area contributed by atoms with Crippen LogP contribution in [0.2, 0.25) is 0 Å². The van der Waals surface area contributed by atoms with Crippen LogP contribution in [0.1, 0.15) is 17.3 Å². The molecule has 11 heteroatoms. The van der Waals surface area contributed by atoms with Crippen molar-refractivity contribution in [3.05, 3.63) is 47.8 Å². The average molecular weight is 410 g/mol. The van der Waals surface area contributed by atoms with E-state index in [1.54, 1.807) is 12.1 Å². The highest BCUT2D eigenvalue weighted by molar-refractivity contribution is 7.89. The number of ether oxygens (including phenoxy) is 3. The molecule has 0 unspecified atom stereocenters. The topological polar surface area (TPSA) is 134 Å². The van der Waals surface area contributed by atoms with E-state index >= 15 is 0 Å². The number of hydrogen-bond acceptors (Lipinski definition) is 7.